The molecule has 176 valence electrons. The van der Waals surface area contributed by atoms with Gasteiger partial charge in [0.05, 0.1) is 10.7 Å². The quantitative estimate of drug-likeness (QED) is 0.291. The van der Waals surface area contributed by atoms with Crippen LogP contribution in [0.15, 0.2) is 64.1 Å². The van der Waals surface area contributed by atoms with E-state index in [9.17, 15) is 9.59 Å². The number of rotatable bonds is 8. The highest BCUT2D eigenvalue weighted by molar-refractivity contribution is 6.35. The van der Waals surface area contributed by atoms with Crippen molar-refractivity contribution in [3.8, 4) is 5.75 Å². The summed E-state index contributed by atoms with van der Waals surface area (Å²) in [4.78, 5) is 24.5. The van der Waals surface area contributed by atoms with E-state index in [1.54, 1.807) is 37.3 Å². The Labute approximate surface area is 207 Å². The fraction of sp³-hybridized carbons (Fsp3) is 0.240. The number of carbonyl (C=O) groups excluding carboxylic acids is 2. The molecule has 34 heavy (non-hydrogen) atoms. The minimum atomic E-state index is -0.487. The third-order valence-corrected chi connectivity index (χ3v) is 6.05. The number of halogens is 2. The summed E-state index contributed by atoms with van der Waals surface area (Å²) in [7, 11) is 0. The summed E-state index contributed by atoms with van der Waals surface area (Å²) in [5.74, 6) is 0.725. The molecule has 1 aliphatic rings. The van der Waals surface area contributed by atoms with Crippen molar-refractivity contribution in [3.63, 3.8) is 0 Å². The summed E-state index contributed by atoms with van der Waals surface area (Å²) in [5, 5.41) is 7.96. The Morgan fingerprint density at radius 3 is 2.53 bits per heavy atom. The van der Waals surface area contributed by atoms with E-state index in [1.807, 2.05) is 24.3 Å². The molecule has 0 atom stereocenters. The maximum absolute atomic E-state index is 12.4. The lowest BCUT2D eigenvalue weighted by Gasteiger charge is -2.24. The first-order chi connectivity index (χ1) is 16.4. The molecule has 0 bridgehead atoms. The molecule has 1 fully saturated rings. The molecule has 4 rings (SSSR count). The van der Waals surface area contributed by atoms with Gasteiger partial charge in [-0.2, -0.15) is 5.10 Å². The molecular formula is C25H23Cl2N3O4. The Morgan fingerprint density at radius 1 is 1.09 bits per heavy atom. The molecule has 2 aromatic carbocycles. The van der Waals surface area contributed by atoms with Crippen LogP contribution in [-0.2, 0) is 11.4 Å². The summed E-state index contributed by atoms with van der Waals surface area (Å²) >= 11 is 12.0. The van der Waals surface area contributed by atoms with Crippen molar-refractivity contribution in [3.05, 3.63) is 81.7 Å². The normalized spacial score (nSPS) is 13.8. The fourth-order valence-electron chi connectivity index (χ4n) is 3.28. The van der Waals surface area contributed by atoms with E-state index >= 15 is 0 Å². The molecule has 7 nitrogen and oxygen atoms in total. The lowest BCUT2D eigenvalue weighted by molar-refractivity contribution is -0.122. The smallest absolute Gasteiger partial charge is 0.307 e. The zero-order valence-electron chi connectivity index (χ0n) is 18.4. The summed E-state index contributed by atoms with van der Waals surface area (Å²) in [6.07, 6.45) is 3.02. The number of furan rings is 1. The van der Waals surface area contributed by atoms with Gasteiger partial charge in [-0.1, -0.05) is 41.8 Å². The molecule has 0 saturated heterocycles. The number of amides is 2. The van der Waals surface area contributed by atoms with Crippen LogP contribution in [0.2, 0.25) is 10.0 Å². The van der Waals surface area contributed by atoms with Gasteiger partial charge in [0.25, 0.3) is 0 Å². The van der Waals surface area contributed by atoms with Gasteiger partial charge in [0, 0.05) is 16.6 Å². The van der Waals surface area contributed by atoms with Gasteiger partial charge in [0.2, 0.25) is 5.91 Å². The predicted octanol–water partition coefficient (Wildman–Crippen LogP) is 6.06. The average Bonchev–Trinajstić information content (AvgIpc) is 3.25. The zero-order chi connectivity index (χ0) is 24.1. The zero-order valence-corrected chi connectivity index (χ0v) is 19.9. The highest BCUT2D eigenvalue weighted by atomic mass is 35.5. The van der Waals surface area contributed by atoms with Crippen LogP contribution in [0.3, 0.4) is 0 Å². The molecule has 2 amide bonds. The predicted molar refractivity (Wildman–Crippen MR) is 132 cm³/mol. The Balaban J connectivity index is 1.29. The number of benzene rings is 2. The molecule has 9 heteroatoms. The lowest BCUT2D eigenvalue weighted by atomic mass is 9.85. The van der Waals surface area contributed by atoms with Crippen LogP contribution in [0.25, 0.3) is 0 Å². The average molecular weight is 500 g/mol. The van der Waals surface area contributed by atoms with E-state index in [4.69, 9.17) is 32.4 Å². The minimum absolute atomic E-state index is 0.0659. The van der Waals surface area contributed by atoms with E-state index in [-0.39, 0.29) is 24.2 Å². The topological polar surface area (TPSA) is 92.9 Å². The Kier molecular flexibility index (Phi) is 7.55. The molecule has 0 radical (unpaired) electrons. The molecule has 2 N–H and O–H groups in total. The second kappa shape index (κ2) is 10.8. The van der Waals surface area contributed by atoms with Gasteiger partial charge in [0.1, 0.15) is 18.1 Å². The van der Waals surface area contributed by atoms with Crippen molar-refractivity contribution >= 4 is 46.4 Å². The van der Waals surface area contributed by atoms with Crippen molar-refractivity contribution in [1.29, 1.82) is 0 Å². The van der Waals surface area contributed by atoms with Crippen molar-refractivity contribution in [2.75, 3.05) is 5.32 Å². The number of hydrogen-bond donors (Lipinski definition) is 2. The first kappa shape index (κ1) is 23.9. The van der Waals surface area contributed by atoms with Crippen LogP contribution in [0.4, 0.5) is 5.69 Å². The summed E-state index contributed by atoms with van der Waals surface area (Å²) in [5.41, 5.74) is 4.65. The summed E-state index contributed by atoms with van der Waals surface area (Å²) in [6.45, 7) is 1.88. The number of hydrogen-bond acceptors (Lipinski definition) is 5. The van der Waals surface area contributed by atoms with E-state index in [0.717, 1.165) is 30.5 Å². The standard InChI is InChI=1S/C25H23Cl2N3O4/c1-15(16-5-8-19(9-6-16)28-24(31)17-3-2-4-17)29-30-25(32)23-12-10-20(34-23)14-33-22-11-7-18(26)13-21(22)27/h5-13,17H,2-4,14H2,1H3,(H,28,31)(H,30,32)/b29-15-. The maximum Gasteiger partial charge on any atom is 0.307 e. The van der Waals surface area contributed by atoms with Crippen LogP contribution in [0, 0.1) is 5.92 Å². The molecule has 0 spiro atoms. The monoisotopic (exact) mass is 499 g/mol. The highest BCUT2D eigenvalue weighted by Crippen LogP contribution is 2.29. The Bertz CT molecular complexity index is 1220. The second-order valence-electron chi connectivity index (χ2n) is 7.96. The van der Waals surface area contributed by atoms with Gasteiger partial charge in [-0.3, -0.25) is 9.59 Å². The number of nitrogens with one attached hydrogen (secondary N) is 2. The third kappa shape index (κ3) is 5.98. The van der Waals surface area contributed by atoms with Gasteiger partial charge >= 0.3 is 5.91 Å². The van der Waals surface area contributed by atoms with Crippen LogP contribution in [-0.4, -0.2) is 17.5 Å². The molecule has 1 saturated carbocycles. The first-order valence-electron chi connectivity index (χ1n) is 10.8. The molecule has 0 unspecified atom stereocenters. The minimum Gasteiger partial charge on any atom is -0.484 e. The van der Waals surface area contributed by atoms with E-state index < -0.39 is 5.91 Å². The van der Waals surface area contributed by atoms with Crippen LogP contribution < -0.4 is 15.5 Å². The molecule has 3 aromatic rings. The largest absolute Gasteiger partial charge is 0.484 e. The molecule has 1 heterocycles. The number of nitrogens with zero attached hydrogens (tertiary/aromatic N) is 1. The van der Waals surface area contributed by atoms with Gasteiger partial charge in [-0.25, -0.2) is 5.43 Å². The summed E-state index contributed by atoms with van der Waals surface area (Å²) < 4.78 is 11.2. The van der Waals surface area contributed by atoms with Crippen molar-refractivity contribution in [2.24, 2.45) is 11.0 Å². The third-order valence-electron chi connectivity index (χ3n) is 5.52. The molecular weight excluding hydrogens is 477 g/mol. The van der Waals surface area contributed by atoms with Gasteiger partial charge in [-0.15, -0.1) is 0 Å². The Morgan fingerprint density at radius 2 is 1.85 bits per heavy atom. The Hall–Kier alpha value is -3.29. The number of ether oxygens (including phenoxy) is 1. The van der Waals surface area contributed by atoms with Crippen molar-refractivity contribution in [2.45, 2.75) is 32.8 Å². The number of anilines is 1. The SMILES string of the molecule is C/C(=N/NC(=O)c1ccc(COc2ccc(Cl)cc2Cl)o1)c1ccc(NC(=O)C2CCC2)cc1. The van der Waals surface area contributed by atoms with Gasteiger partial charge in [0.15, 0.2) is 5.76 Å². The number of carbonyl (C=O) groups is 2. The fourth-order valence-corrected chi connectivity index (χ4v) is 3.75. The number of hydrazone groups is 1. The second-order valence-corrected chi connectivity index (χ2v) is 8.81. The van der Waals surface area contributed by atoms with E-state index in [2.05, 4.69) is 15.8 Å². The maximum atomic E-state index is 12.4. The van der Waals surface area contributed by atoms with Gasteiger partial charge < -0.3 is 14.5 Å². The molecule has 0 aliphatic heterocycles. The van der Waals surface area contributed by atoms with E-state index in [1.165, 1.54) is 0 Å². The van der Waals surface area contributed by atoms with Crippen molar-refractivity contribution < 1.29 is 18.7 Å². The first-order valence-corrected chi connectivity index (χ1v) is 11.6. The van der Waals surface area contributed by atoms with Crippen LogP contribution >= 0.6 is 23.2 Å². The lowest BCUT2D eigenvalue weighted by Crippen LogP contribution is -2.28. The van der Waals surface area contributed by atoms with Crippen molar-refractivity contribution in [1.82, 2.24) is 5.43 Å². The van der Waals surface area contributed by atoms with Gasteiger partial charge in [-0.05, 0) is 67.8 Å². The molecule has 1 aliphatic carbocycles. The van der Waals surface area contributed by atoms with E-state index in [0.29, 0.717) is 27.3 Å². The summed E-state index contributed by atoms with van der Waals surface area (Å²) in [6, 6.07) is 15.4. The highest BCUT2D eigenvalue weighted by Gasteiger charge is 2.25. The van der Waals surface area contributed by atoms with Crippen LogP contribution in [0.1, 0.15) is 48.1 Å². The molecule has 1 aromatic heterocycles. The van der Waals surface area contributed by atoms with Crippen LogP contribution in [0.5, 0.6) is 5.75 Å².